The molecule has 0 spiro atoms. The van der Waals surface area contributed by atoms with Crippen molar-refractivity contribution in [1.82, 2.24) is 15.1 Å². The second kappa shape index (κ2) is 14.0. The molecule has 2 aromatic rings. The maximum atomic E-state index is 13.5. The van der Waals surface area contributed by atoms with E-state index in [0.29, 0.717) is 47.7 Å². The van der Waals surface area contributed by atoms with Gasteiger partial charge in [0.15, 0.2) is 0 Å². The number of nitrogens with one attached hydrogen (secondary N) is 2. The van der Waals surface area contributed by atoms with Crippen molar-refractivity contribution in [2.75, 3.05) is 65.5 Å². The monoisotopic (exact) mass is 580 g/mol. The molecular weight excluding hydrogens is 540 g/mol. The SMILES string of the molecule is COc1cccc(C(=O)Nc2ccc3c(c2)C(=O)N(C)[C@@H]2CC[C@H](CC(=O)NCCCN4CCOCC4)O[C@H]2CO3)c1. The minimum atomic E-state index is -0.354. The molecule has 226 valence electrons. The Morgan fingerprint density at radius 1 is 1.10 bits per heavy atom. The molecule has 0 unspecified atom stereocenters. The number of methoxy groups -OCH3 is 1. The zero-order valence-corrected chi connectivity index (χ0v) is 24.3. The van der Waals surface area contributed by atoms with Gasteiger partial charge in [-0.3, -0.25) is 19.3 Å². The van der Waals surface area contributed by atoms with E-state index in [2.05, 4.69) is 15.5 Å². The molecule has 2 aromatic carbocycles. The molecule has 11 heteroatoms. The van der Waals surface area contributed by atoms with Crippen molar-refractivity contribution in [2.24, 2.45) is 0 Å². The summed E-state index contributed by atoms with van der Waals surface area (Å²) in [6, 6.07) is 11.7. The number of anilines is 1. The van der Waals surface area contributed by atoms with Gasteiger partial charge in [-0.2, -0.15) is 0 Å². The fourth-order valence-electron chi connectivity index (χ4n) is 5.71. The van der Waals surface area contributed by atoms with Crippen molar-refractivity contribution in [3.63, 3.8) is 0 Å². The van der Waals surface area contributed by atoms with Crippen molar-refractivity contribution >= 4 is 23.4 Å². The molecule has 2 saturated heterocycles. The molecular formula is C31H40N4O7. The van der Waals surface area contributed by atoms with Crippen LogP contribution < -0.4 is 20.1 Å². The highest BCUT2D eigenvalue weighted by molar-refractivity contribution is 6.05. The predicted molar refractivity (Wildman–Crippen MR) is 156 cm³/mol. The highest BCUT2D eigenvalue weighted by Crippen LogP contribution is 2.32. The van der Waals surface area contributed by atoms with Gasteiger partial charge in [0.25, 0.3) is 11.8 Å². The molecule has 3 aliphatic rings. The first-order chi connectivity index (χ1) is 20.4. The molecule has 0 aromatic heterocycles. The van der Waals surface area contributed by atoms with Gasteiger partial charge in [-0.05, 0) is 62.2 Å². The van der Waals surface area contributed by atoms with Gasteiger partial charge in [0, 0.05) is 37.9 Å². The van der Waals surface area contributed by atoms with Gasteiger partial charge in [-0.15, -0.1) is 0 Å². The van der Waals surface area contributed by atoms with Gasteiger partial charge in [0.1, 0.15) is 24.2 Å². The van der Waals surface area contributed by atoms with Crippen molar-refractivity contribution in [3.8, 4) is 11.5 Å². The summed E-state index contributed by atoms with van der Waals surface area (Å²) in [5.74, 6) is 0.461. The summed E-state index contributed by atoms with van der Waals surface area (Å²) in [4.78, 5) is 43.0. The van der Waals surface area contributed by atoms with E-state index in [0.717, 1.165) is 39.3 Å². The number of benzene rings is 2. The maximum Gasteiger partial charge on any atom is 0.257 e. The van der Waals surface area contributed by atoms with Crippen LogP contribution in [0.15, 0.2) is 42.5 Å². The Hall–Kier alpha value is -3.67. The number of fused-ring (bicyclic) bond motifs is 2. The van der Waals surface area contributed by atoms with Crippen LogP contribution in [0.5, 0.6) is 11.5 Å². The number of carbonyl (C=O) groups is 3. The first kappa shape index (κ1) is 29.8. The fraction of sp³-hybridized carbons (Fsp3) is 0.516. The smallest absolute Gasteiger partial charge is 0.257 e. The van der Waals surface area contributed by atoms with Crippen LogP contribution in [-0.2, 0) is 14.3 Å². The third-order valence-corrected chi connectivity index (χ3v) is 8.09. The summed E-state index contributed by atoms with van der Waals surface area (Å²) in [6.45, 7) is 5.26. The Labute approximate surface area is 246 Å². The van der Waals surface area contributed by atoms with Crippen LogP contribution in [0, 0.1) is 0 Å². The highest BCUT2D eigenvalue weighted by Gasteiger charge is 2.39. The minimum Gasteiger partial charge on any atom is -0.497 e. The van der Waals surface area contributed by atoms with E-state index in [-0.39, 0.29) is 49.0 Å². The van der Waals surface area contributed by atoms with Crippen LogP contribution in [0.25, 0.3) is 0 Å². The molecule has 3 heterocycles. The van der Waals surface area contributed by atoms with Gasteiger partial charge in [-0.25, -0.2) is 0 Å². The zero-order chi connectivity index (χ0) is 29.5. The number of hydrogen-bond acceptors (Lipinski definition) is 8. The largest absolute Gasteiger partial charge is 0.497 e. The summed E-state index contributed by atoms with van der Waals surface area (Å²) < 4.78 is 23.0. The van der Waals surface area contributed by atoms with Crippen molar-refractivity contribution in [1.29, 1.82) is 0 Å². The van der Waals surface area contributed by atoms with Crippen LogP contribution >= 0.6 is 0 Å². The third-order valence-electron chi connectivity index (χ3n) is 8.09. The van der Waals surface area contributed by atoms with E-state index < -0.39 is 0 Å². The molecule has 11 nitrogen and oxygen atoms in total. The molecule has 2 fully saturated rings. The van der Waals surface area contributed by atoms with Crippen LogP contribution in [0.4, 0.5) is 5.69 Å². The van der Waals surface area contributed by atoms with Gasteiger partial charge >= 0.3 is 0 Å². The first-order valence-electron chi connectivity index (χ1n) is 14.6. The Morgan fingerprint density at radius 2 is 1.93 bits per heavy atom. The number of ether oxygens (including phenoxy) is 4. The molecule has 5 rings (SSSR count). The molecule has 42 heavy (non-hydrogen) atoms. The lowest BCUT2D eigenvalue weighted by molar-refractivity contribution is -0.134. The molecule has 3 amide bonds. The van der Waals surface area contributed by atoms with E-state index in [9.17, 15) is 14.4 Å². The molecule has 0 radical (unpaired) electrons. The number of likely N-dealkylation sites (N-methyl/N-ethyl adjacent to an activating group) is 1. The van der Waals surface area contributed by atoms with Crippen molar-refractivity contribution in [2.45, 2.75) is 43.9 Å². The number of rotatable bonds is 9. The lowest BCUT2D eigenvalue weighted by Gasteiger charge is -2.42. The van der Waals surface area contributed by atoms with Gasteiger partial charge in [-0.1, -0.05) is 6.07 Å². The van der Waals surface area contributed by atoms with Gasteiger partial charge < -0.3 is 34.5 Å². The summed E-state index contributed by atoms with van der Waals surface area (Å²) >= 11 is 0. The quantitative estimate of drug-likeness (QED) is 0.435. The van der Waals surface area contributed by atoms with E-state index in [1.807, 2.05) is 0 Å². The second-order valence-corrected chi connectivity index (χ2v) is 10.9. The Morgan fingerprint density at radius 3 is 2.74 bits per heavy atom. The number of nitrogens with zero attached hydrogens (tertiary/aromatic N) is 2. The number of carbonyl (C=O) groups excluding carboxylic acids is 3. The van der Waals surface area contributed by atoms with Crippen LogP contribution in [0.3, 0.4) is 0 Å². The summed E-state index contributed by atoms with van der Waals surface area (Å²) in [7, 11) is 3.31. The predicted octanol–water partition coefficient (Wildman–Crippen LogP) is 2.56. The third kappa shape index (κ3) is 7.39. The lowest BCUT2D eigenvalue weighted by Crippen LogP contribution is -2.54. The lowest BCUT2D eigenvalue weighted by atomic mass is 9.94. The topological polar surface area (TPSA) is 119 Å². The van der Waals surface area contributed by atoms with E-state index in [1.165, 1.54) is 0 Å². The zero-order valence-electron chi connectivity index (χ0n) is 24.3. The van der Waals surface area contributed by atoms with Gasteiger partial charge in [0.2, 0.25) is 5.91 Å². The Balaban J connectivity index is 1.15. The van der Waals surface area contributed by atoms with Crippen molar-refractivity contribution < 1.29 is 33.3 Å². The fourth-order valence-corrected chi connectivity index (χ4v) is 5.71. The molecule has 3 atom stereocenters. The van der Waals surface area contributed by atoms with E-state index in [4.69, 9.17) is 18.9 Å². The highest BCUT2D eigenvalue weighted by atomic mass is 16.5. The number of amides is 3. The first-order valence-corrected chi connectivity index (χ1v) is 14.6. The van der Waals surface area contributed by atoms with E-state index >= 15 is 0 Å². The molecule has 2 N–H and O–H groups in total. The second-order valence-electron chi connectivity index (χ2n) is 10.9. The Kier molecular flexibility index (Phi) is 9.93. The standard InChI is InChI=1S/C31H40N4O7/c1-34-26-9-8-24(19-29(36)32-11-4-12-35-13-15-40-16-14-35)42-28(26)20-41-27-10-7-22(18-25(27)31(34)38)33-30(37)21-5-3-6-23(17-21)39-2/h3,5-7,10,17-18,24,26,28H,4,8-9,11-16,19-20H2,1-2H3,(H,32,36)(H,33,37)/t24-,26-,28+/m1/s1. The normalized spacial score (nSPS) is 22.6. The summed E-state index contributed by atoms with van der Waals surface area (Å²) in [5.41, 5.74) is 1.30. The average molecular weight is 581 g/mol. The van der Waals surface area contributed by atoms with Crippen LogP contribution in [0.1, 0.15) is 46.4 Å². The van der Waals surface area contributed by atoms with Crippen LogP contribution in [0.2, 0.25) is 0 Å². The average Bonchev–Trinajstić information content (AvgIpc) is 3.02. The molecule has 0 bridgehead atoms. The summed E-state index contributed by atoms with van der Waals surface area (Å²) in [6.07, 6.45) is 1.97. The molecule has 0 saturated carbocycles. The minimum absolute atomic E-state index is 0.0227. The van der Waals surface area contributed by atoms with E-state index in [1.54, 1.807) is 61.5 Å². The molecule has 0 aliphatic carbocycles. The van der Waals surface area contributed by atoms with Gasteiger partial charge in [0.05, 0.1) is 44.5 Å². The number of hydrogen-bond donors (Lipinski definition) is 2. The Bertz CT molecular complexity index is 1270. The summed E-state index contributed by atoms with van der Waals surface area (Å²) in [5, 5.41) is 5.87. The number of morpholine rings is 1. The van der Waals surface area contributed by atoms with Crippen molar-refractivity contribution in [3.05, 3.63) is 53.6 Å². The molecule has 3 aliphatic heterocycles. The van der Waals surface area contributed by atoms with Crippen LogP contribution in [-0.4, -0.2) is 106 Å². The maximum absolute atomic E-state index is 13.5.